The van der Waals surface area contributed by atoms with Gasteiger partial charge in [0.2, 0.25) is 0 Å². The molecule has 1 aliphatic rings. The summed E-state index contributed by atoms with van der Waals surface area (Å²) < 4.78 is 5.98. The minimum absolute atomic E-state index is 0.375. The van der Waals surface area contributed by atoms with Crippen LogP contribution in [0.3, 0.4) is 0 Å². The summed E-state index contributed by atoms with van der Waals surface area (Å²) in [7, 11) is 0. The van der Waals surface area contributed by atoms with Crippen molar-refractivity contribution in [3.8, 4) is 11.8 Å². The Labute approximate surface area is 96.9 Å². The van der Waals surface area contributed by atoms with E-state index in [0.717, 1.165) is 11.3 Å². The van der Waals surface area contributed by atoms with Gasteiger partial charge in [-0.15, -0.1) is 0 Å². The summed E-state index contributed by atoms with van der Waals surface area (Å²) >= 11 is 0. The van der Waals surface area contributed by atoms with Crippen LogP contribution >= 0.6 is 0 Å². The van der Waals surface area contributed by atoms with Crippen LogP contribution in [0, 0.1) is 18.3 Å². The highest BCUT2D eigenvalue weighted by molar-refractivity contribution is 5.41. The Hall–Kier alpha value is -1.49. The molecule has 0 spiro atoms. The largest absolute Gasteiger partial charge is 0.490 e. The molecule has 0 heterocycles. The molecule has 0 atom stereocenters. The van der Waals surface area contributed by atoms with E-state index in [9.17, 15) is 0 Å². The third-order valence-electron chi connectivity index (χ3n) is 3.15. The number of aryl methyl sites for hydroxylation is 1. The minimum atomic E-state index is 0.375. The average molecular weight is 215 g/mol. The standard InChI is InChI=1S/C14H17NO/c1-11-9-12(10-15)7-8-14(11)16-13-5-3-2-4-6-13/h7-9,13H,2-6H2,1H3. The number of rotatable bonds is 2. The predicted molar refractivity (Wildman–Crippen MR) is 63.4 cm³/mol. The van der Waals surface area contributed by atoms with E-state index in [0.29, 0.717) is 11.7 Å². The van der Waals surface area contributed by atoms with Crippen LogP contribution in [0.5, 0.6) is 5.75 Å². The van der Waals surface area contributed by atoms with Crippen molar-refractivity contribution in [1.29, 1.82) is 5.26 Å². The maximum absolute atomic E-state index is 8.78. The second-order valence-corrected chi connectivity index (χ2v) is 4.47. The topological polar surface area (TPSA) is 33.0 Å². The monoisotopic (exact) mass is 215 g/mol. The molecule has 0 amide bonds. The van der Waals surface area contributed by atoms with E-state index < -0.39 is 0 Å². The molecule has 84 valence electrons. The van der Waals surface area contributed by atoms with E-state index in [1.165, 1.54) is 32.1 Å². The Balaban J connectivity index is 2.06. The fourth-order valence-electron chi connectivity index (χ4n) is 2.21. The van der Waals surface area contributed by atoms with Gasteiger partial charge in [-0.3, -0.25) is 0 Å². The first-order valence-electron chi connectivity index (χ1n) is 5.97. The molecule has 0 bridgehead atoms. The fourth-order valence-corrected chi connectivity index (χ4v) is 2.21. The third kappa shape index (κ3) is 2.55. The van der Waals surface area contributed by atoms with Gasteiger partial charge in [0, 0.05) is 0 Å². The SMILES string of the molecule is Cc1cc(C#N)ccc1OC1CCCCC1. The summed E-state index contributed by atoms with van der Waals surface area (Å²) in [4.78, 5) is 0. The smallest absolute Gasteiger partial charge is 0.122 e. The highest BCUT2D eigenvalue weighted by Crippen LogP contribution is 2.26. The molecule has 0 aromatic heterocycles. The zero-order chi connectivity index (χ0) is 11.4. The van der Waals surface area contributed by atoms with Crippen molar-refractivity contribution < 1.29 is 4.74 Å². The molecule has 16 heavy (non-hydrogen) atoms. The van der Waals surface area contributed by atoms with Crippen LogP contribution in [-0.4, -0.2) is 6.10 Å². The van der Waals surface area contributed by atoms with Crippen LogP contribution in [0.4, 0.5) is 0 Å². The Morgan fingerprint density at radius 1 is 1.25 bits per heavy atom. The summed E-state index contributed by atoms with van der Waals surface area (Å²) in [5.74, 6) is 0.936. The van der Waals surface area contributed by atoms with Crippen molar-refractivity contribution >= 4 is 0 Å². The zero-order valence-electron chi connectivity index (χ0n) is 9.70. The van der Waals surface area contributed by atoms with Crippen molar-refractivity contribution in [3.63, 3.8) is 0 Å². The van der Waals surface area contributed by atoms with Gasteiger partial charge in [0.1, 0.15) is 5.75 Å². The summed E-state index contributed by atoms with van der Waals surface area (Å²) in [6, 6.07) is 7.77. The van der Waals surface area contributed by atoms with E-state index in [1.807, 2.05) is 25.1 Å². The second kappa shape index (κ2) is 5.03. The van der Waals surface area contributed by atoms with Crippen molar-refractivity contribution in [3.05, 3.63) is 29.3 Å². The molecular formula is C14H17NO. The summed E-state index contributed by atoms with van der Waals surface area (Å²) in [5.41, 5.74) is 1.76. The number of hydrogen-bond acceptors (Lipinski definition) is 2. The number of hydrogen-bond donors (Lipinski definition) is 0. The van der Waals surface area contributed by atoms with Crippen molar-refractivity contribution in [2.24, 2.45) is 0 Å². The summed E-state index contributed by atoms with van der Waals surface area (Å²) in [6.07, 6.45) is 6.60. The zero-order valence-corrected chi connectivity index (χ0v) is 9.70. The molecule has 2 nitrogen and oxygen atoms in total. The van der Waals surface area contributed by atoms with Crippen LogP contribution in [0.1, 0.15) is 43.2 Å². The quantitative estimate of drug-likeness (QED) is 0.755. The first kappa shape index (κ1) is 11.0. The maximum atomic E-state index is 8.78. The lowest BCUT2D eigenvalue weighted by Crippen LogP contribution is -2.19. The number of benzene rings is 1. The van der Waals surface area contributed by atoms with Gasteiger partial charge in [-0.2, -0.15) is 5.26 Å². The lowest BCUT2D eigenvalue weighted by atomic mass is 9.97. The van der Waals surface area contributed by atoms with E-state index in [-0.39, 0.29) is 0 Å². The first-order valence-corrected chi connectivity index (χ1v) is 5.97. The number of ether oxygens (including phenoxy) is 1. The molecule has 1 saturated carbocycles. The molecule has 1 fully saturated rings. The fraction of sp³-hybridized carbons (Fsp3) is 0.500. The predicted octanol–water partition coefficient (Wildman–Crippen LogP) is 3.58. The van der Waals surface area contributed by atoms with Crippen molar-refractivity contribution in [1.82, 2.24) is 0 Å². The molecule has 0 radical (unpaired) electrons. The van der Waals surface area contributed by atoms with Gasteiger partial charge in [-0.05, 0) is 56.4 Å². The molecule has 0 N–H and O–H groups in total. The van der Waals surface area contributed by atoms with E-state index in [4.69, 9.17) is 10.00 Å². The maximum Gasteiger partial charge on any atom is 0.122 e. The van der Waals surface area contributed by atoms with Crippen LogP contribution in [0.25, 0.3) is 0 Å². The Morgan fingerprint density at radius 3 is 2.62 bits per heavy atom. The molecular weight excluding hydrogens is 198 g/mol. The van der Waals surface area contributed by atoms with Gasteiger partial charge < -0.3 is 4.74 Å². The highest BCUT2D eigenvalue weighted by atomic mass is 16.5. The minimum Gasteiger partial charge on any atom is -0.490 e. The third-order valence-corrected chi connectivity index (χ3v) is 3.15. The van der Waals surface area contributed by atoms with Crippen LogP contribution < -0.4 is 4.74 Å². The average Bonchev–Trinajstić information content (AvgIpc) is 2.33. The Kier molecular flexibility index (Phi) is 3.46. The van der Waals surface area contributed by atoms with Crippen molar-refractivity contribution in [2.75, 3.05) is 0 Å². The normalized spacial score (nSPS) is 16.8. The molecule has 0 aliphatic heterocycles. The van der Waals surface area contributed by atoms with Crippen LogP contribution in [-0.2, 0) is 0 Å². The van der Waals surface area contributed by atoms with Crippen molar-refractivity contribution in [2.45, 2.75) is 45.1 Å². The van der Waals surface area contributed by atoms with Gasteiger partial charge >= 0.3 is 0 Å². The van der Waals surface area contributed by atoms with Gasteiger partial charge in [0.25, 0.3) is 0 Å². The van der Waals surface area contributed by atoms with Crippen LogP contribution in [0.2, 0.25) is 0 Å². The Bertz CT molecular complexity index is 400. The lowest BCUT2D eigenvalue weighted by Gasteiger charge is -2.23. The van der Waals surface area contributed by atoms with E-state index >= 15 is 0 Å². The summed E-state index contributed by atoms with van der Waals surface area (Å²) in [6.45, 7) is 2.00. The molecule has 1 aliphatic carbocycles. The molecule has 1 aromatic rings. The summed E-state index contributed by atoms with van der Waals surface area (Å²) in [5, 5.41) is 8.78. The highest BCUT2D eigenvalue weighted by Gasteiger charge is 2.15. The van der Waals surface area contributed by atoms with Gasteiger partial charge in [-0.25, -0.2) is 0 Å². The van der Waals surface area contributed by atoms with E-state index in [1.54, 1.807) is 0 Å². The second-order valence-electron chi connectivity index (χ2n) is 4.47. The van der Waals surface area contributed by atoms with Gasteiger partial charge in [-0.1, -0.05) is 6.42 Å². The molecule has 1 aromatic carbocycles. The number of nitriles is 1. The van der Waals surface area contributed by atoms with E-state index in [2.05, 4.69) is 6.07 Å². The number of nitrogens with zero attached hydrogens (tertiary/aromatic N) is 1. The lowest BCUT2D eigenvalue weighted by molar-refractivity contribution is 0.154. The Morgan fingerprint density at radius 2 is 2.00 bits per heavy atom. The molecule has 0 unspecified atom stereocenters. The molecule has 0 saturated heterocycles. The van der Waals surface area contributed by atoms with Gasteiger partial charge in [0.05, 0.1) is 17.7 Å². The van der Waals surface area contributed by atoms with Gasteiger partial charge in [0.15, 0.2) is 0 Å². The molecule has 2 rings (SSSR count). The van der Waals surface area contributed by atoms with Crippen LogP contribution in [0.15, 0.2) is 18.2 Å². The molecule has 2 heteroatoms. The first-order chi connectivity index (χ1) is 7.79.